The van der Waals surface area contributed by atoms with Crippen LogP contribution >= 0.6 is 0 Å². The summed E-state index contributed by atoms with van der Waals surface area (Å²) in [6, 6.07) is 5.55. The van der Waals surface area contributed by atoms with Crippen molar-refractivity contribution < 1.29 is 19.5 Å². The van der Waals surface area contributed by atoms with E-state index in [4.69, 9.17) is 14.7 Å². The molecule has 0 spiro atoms. The highest BCUT2D eigenvalue weighted by molar-refractivity contribution is 6.06. The number of esters is 1. The van der Waals surface area contributed by atoms with Crippen molar-refractivity contribution >= 4 is 11.7 Å². The fourth-order valence-electron chi connectivity index (χ4n) is 2.60. The van der Waals surface area contributed by atoms with E-state index in [1.165, 1.54) is 7.11 Å². The molecule has 5 nitrogen and oxygen atoms in total. The van der Waals surface area contributed by atoms with Crippen LogP contribution in [0.5, 0.6) is 5.75 Å². The number of fused-ring (bicyclic) bond motifs is 1. The lowest BCUT2D eigenvalue weighted by atomic mass is 9.81. The Morgan fingerprint density at radius 2 is 2.21 bits per heavy atom. The molecule has 0 radical (unpaired) electrons. The molecule has 1 aromatic carbocycles. The summed E-state index contributed by atoms with van der Waals surface area (Å²) in [5.74, 6) is 0.435. The second-order valence-electron chi connectivity index (χ2n) is 4.95. The smallest absolute Gasteiger partial charge is 0.306 e. The summed E-state index contributed by atoms with van der Waals surface area (Å²) in [4.78, 5) is 11.6. The third-order valence-electron chi connectivity index (χ3n) is 3.63. The number of hydrogen-bond acceptors (Lipinski definition) is 5. The number of carbonyl (C=O) groups excluding carboxylic acids is 1. The average molecular weight is 263 g/mol. The molecule has 102 valence electrons. The minimum absolute atomic E-state index is 0.239. The first-order chi connectivity index (χ1) is 9.04. The molecule has 19 heavy (non-hydrogen) atoms. The van der Waals surface area contributed by atoms with Crippen molar-refractivity contribution in [2.45, 2.75) is 25.2 Å². The summed E-state index contributed by atoms with van der Waals surface area (Å²) in [7, 11) is 2.96. The van der Waals surface area contributed by atoms with Crippen LogP contribution in [0.25, 0.3) is 0 Å². The maximum Gasteiger partial charge on any atom is 0.306 e. The van der Waals surface area contributed by atoms with E-state index in [0.29, 0.717) is 17.9 Å². The van der Waals surface area contributed by atoms with E-state index in [-0.39, 0.29) is 12.4 Å². The highest BCUT2D eigenvalue weighted by Gasteiger charge is 2.40. The molecular weight excluding hydrogens is 246 g/mol. The second kappa shape index (κ2) is 4.91. The number of rotatable bonds is 3. The van der Waals surface area contributed by atoms with Gasteiger partial charge < -0.3 is 14.7 Å². The van der Waals surface area contributed by atoms with Gasteiger partial charge in [-0.3, -0.25) is 4.79 Å². The molecule has 0 aliphatic heterocycles. The summed E-state index contributed by atoms with van der Waals surface area (Å²) < 4.78 is 9.96. The van der Waals surface area contributed by atoms with Gasteiger partial charge in [0.05, 0.1) is 26.4 Å². The lowest BCUT2D eigenvalue weighted by Crippen LogP contribution is -2.24. The number of benzene rings is 1. The highest BCUT2D eigenvalue weighted by Crippen LogP contribution is 2.43. The SMILES string of the molecule is COC(=O)CC1(C)C/C(=N/O)c2ccc(OC)cc21. The molecule has 0 saturated heterocycles. The lowest BCUT2D eigenvalue weighted by Gasteiger charge is -2.23. The fraction of sp³-hybridized carbons (Fsp3) is 0.429. The maximum absolute atomic E-state index is 11.6. The van der Waals surface area contributed by atoms with Crippen LogP contribution in [0.1, 0.15) is 30.9 Å². The van der Waals surface area contributed by atoms with Gasteiger partial charge in [0.2, 0.25) is 0 Å². The van der Waals surface area contributed by atoms with Crippen LogP contribution in [0.3, 0.4) is 0 Å². The van der Waals surface area contributed by atoms with Gasteiger partial charge in [-0.15, -0.1) is 0 Å². The maximum atomic E-state index is 11.6. The zero-order valence-electron chi connectivity index (χ0n) is 11.3. The molecule has 1 aromatic rings. The third kappa shape index (κ3) is 2.28. The molecule has 1 atom stereocenters. The lowest BCUT2D eigenvalue weighted by molar-refractivity contribution is -0.141. The fourth-order valence-corrected chi connectivity index (χ4v) is 2.60. The van der Waals surface area contributed by atoms with Crippen molar-refractivity contribution in [1.82, 2.24) is 0 Å². The second-order valence-corrected chi connectivity index (χ2v) is 4.95. The molecule has 0 heterocycles. The minimum atomic E-state index is -0.432. The zero-order chi connectivity index (χ0) is 14.0. The Hall–Kier alpha value is -2.04. The molecule has 0 aromatic heterocycles. The molecule has 0 bridgehead atoms. The van der Waals surface area contributed by atoms with Crippen LogP contribution in [0.2, 0.25) is 0 Å². The van der Waals surface area contributed by atoms with E-state index >= 15 is 0 Å². The molecule has 5 heteroatoms. The van der Waals surface area contributed by atoms with Crippen molar-refractivity contribution in [3.05, 3.63) is 29.3 Å². The van der Waals surface area contributed by atoms with Gasteiger partial charge in [-0.1, -0.05) is 12.1 Å². The Bertz CT molecular complexity index is 538. The van der Waals surface area contributed by atoms with Crippen molar-refractivity contribution in [1.29, 1.82) is 0 Å². The van der Waals surface area contributed by atoms with E-state index < -0.39 is 5.41 Å². The van der Waals surface area contributed by atoms with Gasteiger partial charge in [0.1, 0.15) is 5.75 Å². The van der Waals surface area contributed by atoms with Crippen LogP contribution in [0.15, 0.2) is 23.4 Å². The van der Waals surface area contributed by atoms with Crippen LogP contribution in [-0.2, 0) is 14.9 Å². The van der Waals surface area contributed by atoms with E-state index in [9.17, 15) is 4.79 Å². The molecule has 1 aliphatic rings. The Morgan fingerprint density at radius 3 is 2.79 bits per heavy atom. The topological polar surface area (TPSA) is 68.1 Å². The molecular formula is C14H17NO4. The average Bonchev–Trinajstić information content (AvgIpc) is 2.71. The van der Waals surface area contributed by atoms with Crippen molar-refractivity contribution in [2.75, 3.05) is 14.2 Å². The normalized spacial score (nSPS) is 23.2. The summed E-state index contributed by atoms with van der Waals surface area (Å²) in [6.45, 7) is 1.96. The van der Waals surface area contributed by atoms with E-state index in [1.807, 2.05) is 25.1 Å². The summed E-state index contributed by atoms with van der Waals surface area (Å²) >= 11 is 0. The largest absolute Gasteiger partial charge is 0.497 e. The Labute approximate surface area is 111 Å². The van der Waals surface area contributed by atoms with E-state index in [0.717, 1.165) is 11.1 Å². The number of oxime groups is 1. The van der Waals surface area contributed by atoms with Gasteiger partial charge in [-0.2, -0.15) is 0 Å². The van der Waals surface area contributed by atoms with Crippen LogP contribution in [0, 0.1) is 0 Å². The molecule has 0 amide bonds. The van der Waals surface area contributed by atoms with Crippen LogP contribution < -0.4 is 4.74 Å². The van der Waals surface area contributed by atoms with Gasteiger partial charge in [0.15, 0.2) is 0 Å². The van der Waals surface area contributed by atoms with Gasteiger partial charge in [-0.05, 0) is 23.8 Å². The standard InChI is InChI=1S/C14H17NO4/c1-14(8-13(16)19-3)7-12(15-17)10-5-4-9(18-2)6-11(10)14/h4-6,17H,7-8H2,1-3H3/b15-12-. The van der Waals surface area contributed by atoms with Gasteiger partial charge in [0.25, 0.3) is 0 Å². The van der Waals surface area contributed by atoms with E-state index in [2.05, 4.69) is 5.16 Å². The zero-order valence-corrected chi connectivity index (χ0v) is 11.3. The van der Waals surface area contributed by atoms with Crippen molar-refractivity contribution in [3.63, 3.8) is 0 Å². The first-order valence-electron chi connectivity index (χ1n) is 6.00. The molecule has 1 N–H and O–H groups in total. The van der Waals surface area contributed by atoms with Gasteiger partial charge in [-0.25, -0.2) is 0 Å². The highest BCUT2D eigenvalue weighted by atomic mass is 16.5. The molecule has 1 aliphatic carbocycles. The quantitative estimate of drug-likeness (QED) is 0.515. The van der Waals surface area contributed by atoms with Crippen LogP contribution in [-0.4, -0.2) is 31.1 Å². The predicted octanol–water partition coefficient (Wildman–Crippen LogP) is 2.10. The number of hydrogen-bond donors (Lipinski definition) is 1. The number of carbonyl (C=O) groups is 1. The molecule has 1 unspecified atom stereocenters. The number of methoxy groups -OCH3 is 2. The molecule has 0 saturated carbocycles. The van der Waals surface area contributed by atoms with Gasteiger partial charge in [0, 0.05) is 17.4 Å². The Balaban J connectivity index is 2.48. The van der Waals surface area contributed by atoms with Crippen molar-refractivity contribution in [2.24, 2.45) is 5.16 Å². The summed E-state index contributed by atoms with van der Waals surface area (Å²) in [5.41, 5.74) is 1.96. The monoisotopic (exact) mass is 263 g/mol. The van der Waals surface area contributed by atoms with Crippen LogP contribution in [0.4, 0.5) is 0 Å². The van der Waals surface area contributed by atoms with Crippen molar-refractivity contribution in [3.8, 4) is 5.75 Å². The molecule has 0 fully saturated rings. The van der Waals surface area contributed by atoms with Gasteiger partial charge >= 0.3 is 5.97 Å². The van der Waals surface area contributed by atoms with E-state index in [1.54, 1.807) is 7.11 Å². The number of ether oxygens (including phenoxy) is 2. The third-order valence-corrected chi connectivity index (χ3v) is 3.63. The Morgan fingerprint density at radius 1 is 1.47 bits per heavy atom. The predicted molar refractivity (Wildman–Crippen MR) is 69.9 cm³/mol. The Kier molecular flexibility index (Phi) is 3.46. The number of nitrogens with zero attached hydrogens (tertiary/aromatic N) is 1. The molecule has 2 rings (SSSR count). The summed E-state index contributed by atoms with van der Waals surface area (Å²) in [5, 5.41) is 12.4. The summed E-state index contributed by atoms with van der Waals surface area (Å²) in [6.07, 6.45) is 0.740. The minimum Gasteiger partial charge on any atom is -0.497 e. The first-order valence-corrected chi connectivity index (χ1v) is 6.00. The first kappa shape index (κ1) is 13.4.